The summed E-state index contributed by atoms with van der Waals surface area (Å²) in [5.74, 6) is 0.146. The second-order valence-electron chi connectivity index (χ2n) is 6.58. The van der Waals surface area contributed by atoms with Crippen LogP contribution in [0.15, 0.2) is 42.5 Å². The molecule has 0 aliphatic heterocycles. The van der Waals surface area contributed by atoms with Gasteiger partial charge in [0.1, 0.15) is 5.75 Å². The highest BCUT2D eigenvalue weighted by Crippen LogP contribution is 2.19. The number of amides is 2. The molecule has 0 heterocycles. The van der Waals surface area contributed by atoms with E-state index in [1.54, 1.807) is 14.0 Å². The van der Waals surface area contributed by atoms with Crippen LogP contribution >= 0.6 is 0 Å². The zero-order valence-electron chi connectivity index (χ0n) is 16.0. The molecule has 2 aromatic carbocycles. The van der Waals surface area contributed by atoms with E-state index in [0.29, 0.717) is 5.75 Å². The Morgan fingerprint density at radius 3 is 2.19 bits per heavy atom. The topological polar surface area (TPSA) is 58.6 Å². The van der Waals surface area contributed by atoms with E-state index < -0.39 is 6.10 Å². The summed E-state index contributed by atoms with van der Waals surface area (Å²) < 4.78 is 5.67. The number of hydrogen-bond donors (Lipinski definition) is 1. The lowest BCUT2D eigenvalue weighted by Gasteiger charge is -2.22. The Bertz CT molecular complexity index is 764. The Morgan fingerprint density at radius 1 is 1.04 bits per heavy atom. The fourth-order valence-electron chi connectivity index (χ4n) is 2.67. The normalized spacial score (nSPS) is 11.6. The maximum Gasteiger partial charge on any atom is 0.263 e. The maximum absolute atomic E-state index is 12.5. The minimum Gasteiger partial charge on any atom is -0.481 e. The van der Waals surface area contributed by atoms with Gasteiger partial charge in [-0.2, -0.15) is 0 Å². The predicted molar refractivity (Wildman–Crippen MR) is 103 cm³/mol. The summed E-state index contributed by atoms with van der Waals surface area (Å²) in [6.07, 6.45) is -0.671. The minimum absolute atomic E-state index is 0.0335. The number of rotatable bonds is 6. The first-order valence-corrected chi connectivity index (χ1v) is 8.62. The smallest absolute Gasteiger partial charge is 0.263 e. The Balaban J connectivity index is 1.93. The first-order valence-electron chi connectivity index (χ1n) is 8.62. The first-order chi connectivity index (χ1) is 12.3. The molecule has 2 rings (SSSR count). The number of para-hydroxylation sites is 1. The average Bonchev–Trinajstić information content (AvgIpc) is 2.59. The number of carbonyl (C=O) groups excluding carboxylic acids is 2. The Labute approximate surface area is 155 Å². The third kappa shape index (κ3) is 5.09. The molecule has 2 aromatic rings. The number of nitrogens with one attached hydrogen (secondary N) is 1. The molecule has 0 spiro atoms. The van der Waals surface area contributed by atoms with E-state index in [1.165, 1.54) is 4.90 Å². The molecule has 26 heavy (non-hydrogen) atoms. The molecule has 0 aliphatic carbocycles. The molecule has 5 heteroatoms. The van der Waals surface area contributed by atoms with Crippen LogP contribution in [0, 0.1) is 20.8 Å². The van der Waals surface area contributed by atoms with Crippen molar-refractivity contribution in [3.05, 3.63) is 59.2 Å². The number of hydrogen-bond acceptors (Lipinski definition) is 3. The summed E-state index contributed by atoms with van der Waals surface area (Å²) in [5, 5.41) is 2.89. The average molecular weight is 354 g/mol. The number of benzene rings is 2. The highest BCUT2D eigenvalue weighted by Gasteiger charge is 2.21. The molecule has 1 N–H and O–H groups in total. The lowest BCUT2D eigenvalue weighted by Crippen LogP contribution is -2.42. The van der Waals surface area contributed by atoms with Crippen LogP contribution in [0.4, 0.5) is 5.69 Å². The van der Waals surface area contributed by atoms with Crippen LogP contribution in [-0.4, -0.2) is 36.4 Å². The number of nitrogens with zero attached hydrogens (tertiary/aromatic N) is 1. The van der Waals surface area contributed by atoms with E-state index in [4.69, 9.17) is 4.74 Å². The number of carbonyl (C=O) groups is 2. The molecule has 138 valence electrons. The van der Waals surface area contributed by atoms with Gasteiger partial charge in [-0.05, 0) is 51.0 Å². The van der Waals surface area contributed by atoms with Crippen LogP contribution in [0.25, 0.3) is 0 Å². The van der Waals surface area contributed by atoms with Gasteiger partial charge in [-0.25, -0.2) is 0 Å². The van der Waals surface area contributed by atoms with Gasteiger partial charge in [0.05, 0.1) is 6.54 Å². The van der Waals surface area contributed by atoms with Gasteiger partial charge in [-0.1, -0.05) is 35.9 Å². The van der Waals surface area contributed by atoms with Crippen molar-refractivity contribution in [1.29, 1.82) is 0 Å². The summed E-state index contributed by atoms with van der Waals surface area (Å²) in [4.78, 5) is 26.1. The Hall–Kier alpha value is -2.82. The van der Waals surface area contributed by atoms with E-state index in [9.17, 15) is 9.59 Å². The molecular formula is C21H26N2O3. The fraction of sp³-hybridized carbons (Fsp3) is 0.333. The van der Waals surface area contributed by atoms with Crippen molar-refractivity contribution in [3.63, 3.8) is 0 Å². The van der Waals surface area contributed by atoms with Crippen molar-refractivity contribution < 1.29 is 14.3 Å². The molecule has 0 radical (unpaired) electrons. The van der Waals surface area contributed by atoms with Gasteiger partial charge >= 0.3 is 0 Å². The van der Waals surface area contributed by atoms with Crippen LogP contribution in [0.3, 0.4) is 0 Å². The number of ether oxygens (including phenoxy) is 1. The summed E-state index contributed by atoms with van der Waals surface area (Å²) in [7, 11) is 1.60. The Kier molecular flexibility index (Phi) is 6.39. The van der Waals surface area contributed by atoms with E-state index in [2.05, 4.69) is 5.32 Å². The molecule has 0 saturated heterocycles. The molecule has 0 fully saturated rings. The zero-order chi connectivity index (χ0) is 19.3. The maximum atomic E-state index is 12.5. The molecule has 0 aliphatic rings. The minimum atomic E-state index is -0.671. The van der Waals surface area contributed by atoms with E-state index >= 15 is 0 Å². The van der Waals surface area contributed by atoms with Crippen molar-refractivity contribution >= 4 is 17.5 Å². The molecular weight excluding hydrogens is 328 g/mol. The zero-order valence-corrected chi connectivity index (χ0v) is 16.0. The Morgan fingerprint density at radius 2 is 1.62 bits per heavy atom. The molecule has 1 unspecified atom stereocenters. The van der Waals surface area contributed by atoms with Gasteiger partial charge in [0, 0.05) is 12.7 Å². The highest BCUT2D eigenvalue weighted by atomic mass is 16.5. The molecule has 0 bridgehead atoms. The molecule has 5 nitrogen and oxygen atoms in total. The predicted octanol–water partition coefficient (Wildman–Crippen LogP) is 3.48. The van der Waals surface area contributed by atoms with Crippen molar-refractivity contribution in [2.45, 2.75) is 33.8 Å². The van der Waals surface area contributed by atoms with Crippen molar-refractivity contribution in [3.8, 4) is 5.75 Å². The third-order valence-corrected chi connectivity index (χ3v) is 4.18. The first kappa shape index (κ1) is 19.5. The van der Waals surface area contributed by atoms with Crippen LogP contribution in [-0.2, 0) is 9.59 Å². The number of aryl methyl sites for hydroxylation is 3. The van der Waals surface area contributed by atoms with Crippen LogP contribution < -0.4 is 10.1 Å². The molecule has 0 saturated carbocycles. The van der Waals surface area contributed by atoms with Crippen LogP contribution in [0.5, 0.6) is 5.75 Å². The van der Waals surface area contributed by atoms with Crippen LogP contribution in [0.2, 0.25) is 0 Å². The molecule has 2 amide bonds. The quantitative estimate of drug-likeness (QED) is 0.864. The highest BCUT2D eigenvalue weighted by molar-refractivity contribution is 5.96. The van der Waals surface area contributed by atoms with Gasteiger partial charge in [-0.15, -0.1) is 0 Å². The van der Waals surface area contributed by atoms with Gasteiger partial charge in [0.15, 0.2) is 6.10 Å². The van der Waals surface area contributed by atoms with Gasteiger partial charge in [0.2, 0.25) is 5.91 Å². The lowest BCUT2D eigenvalue weighted by molar-refractivity contribution is -0.139. The van der Waals surface area contributed by atoms with Gasteiger partial charge in [-0.3, -0.25) is 9.59 Å². The van der Waals surface area contributed by atoms with E-state index in [-0.39, 0.29) is 18.4 Å². The summed E-state index contributed by atoms with van der Waals surface area (Å²) >= 11 is 0. The fourth-order valence-corrected chi connectivity index (χ4v) is 2.67. The van der Waals surface area contributed by atoms with Gasteiger partial charge < -0.3 is 15.0 Å². The van der Waals surface area contributed by atoms with Crippen molar-refractivity contribution in [2.24, 2.45) is 0 Å². The SMILES string of the molecule is Cc1ccc(OC(C)C(=O)N(C)CC(=O)Nc2c(C)cccc2C)cc1. The molecule has 0 aromatic heterocycles. The van der Waals surface area contributed by atoms with Crippen LogP contribution in [0.1, 0.15) is 23.6 Å². The van der Waals surface area contributed by atoms with Crippen molar-refractivity contribution in [1.82, 2.24) is 4.90 Å². The summed E-state index contributed by atoms with van der Waals surface area (Å²) in [5.41, 5.74) is 3.89. The third-order valence-electron chi connectivity index (χ3n) is 4.18. The summed E-state index contributed by atoms with van der Waals surface area (Å²) in [6.45, 7) is 7.52. The lowest BCUT2D eigenvalue weighted by atomic mass is 10.1. The second-order valence-corrected chi connectivity index (χ2v) is 6.58. The standard InChI is InChI=1S/C21H26N2O3/c1-14-9-11-18(12-10-14)26-17(4)21(25)23(5)13-19(24)22-20-15(2)7-6-8-16(20)3/h6-12,17H,13H2,1-5H3,(H,22,24). The van der Waals surface area contributed by atoms with E-state index in [1.807, 2.05) is 63.2 Å². The van der Waals surface area contributed by atoms with Gasteiger partial charge in [0.25, 0.3) is 5.91 Å². The number of likely N-dealkylation sites (N-methyl/N-ethyl adjacent to an activating group) is 1. The van der Waals surface area contributed by atoms with Crippen molar-refractivity contribution in [2.75, 3.05) is 18.9 Å². The molecule has 1 atom stereocenters. The second kappa shape index (κ2) is 8.52. The number of anilines is 1. The summed E-state index contributed by atoms with van der Waals surface area (Å²) in [6, 6.07) is 13.3. The van der Waals surface area contributed by atoms with E-state index in [0.717, 1.165) is 22.4 Å². The largest absolute Gasteiger partial charge is 0.481 e. The monoisotopic (exact) mass is 354 g/mol.